The molecule has 4 heteroatoms. The topological polar surface area (TPSA) is 54.4 Å². The molecular formula is C19H28N2O2+2. The van der Waals surface area contributed by atoms with E-state index in [4.69, 9.17) is 4.42 Å². The summed E-state index contributed by atoms with van der Waals surface area (Å²) in [7, 11) is 0. The van der Waals surface area contributed by atoms with Crippen molar-refractivity contribution >= 4 is 0 Å². The van der Waals surface area contributed by atoms with E-state index in [-0.39, 0.29) is 0 Å². The van der Waals surface area contributed by atoms with Gasteiger partial charge in [0, 0.05) is 0 Å². The number of likely N-dealkylation sites (tertiary alicyclic amines) is 1. The Hall–Kier alpha value is -1.62. The van der Waals surface area contributed by atoms with E-state index in [1.165, 1.54) is 32.4 Å². The van der Waals surface area contributed by atoms with E-state index in [1.807, 2.05) is 36.4 Å². The van der Waals surface area contributed by atoms with E-state index in [0.717, 1.165) is 17.9 Å². The Morgan fingerprint density at radius 1 is 1.00 bits per heavy atom. The van der Waals surface area contributed by atoms with Gasteiger partial charge >= 0.3 is 0 Å². The van der Waals surface area contributed by atoms with E-state index in [9.17, 15) is 5.11 Å². The van der Waals surface area contributed by atoms with Crippen LogP contribution in [0.25, 0.3) is 0 Å². The van der Waals surface area contributed by atoms with Gasteiger partial charge in [0.15, 0.2) is 11.8 Å². The number of aliphatic hydroxyl groups is 1. The molecule has 0 radical (unpaired) electrons. The Labute approximate surface area is 138 Å². The first kappa shape index (κ1) is 16.2. The molecule has 0 amide bonds. The second-order valence-electron chi connectivity index (χ2n) is 6.47. The summed E-state index contributed by atoms with van der Waals surface area (Å²) < 4.78 is 5.69. The van der Waals surface area contributed by atoms with Crippen LogP contribution in [0.2, 0.25) is 0 Å². The highest BCUT2D eigenvalue weighted by molar-refractivity contribution is 5.17. The number of furan rings is 1. The Bertz CT molecular complexity index is 550. The maximum absolute atomic E-state index is 10.3. The lowest BCUT2D eigenvalue weighted by molar-refractivity contribution is -0.950. The number of hydrogen-bond donors (Lipinski definition) is 3. The predicted octanol–water partition coefficient (Wildman–Crippen LogP) is 0.687. The molecule has 2 aromatic rings. The Morgan fingerprint density at radius 2 is 1.78 bits per heavy atom. The molecule has 124 valence electrons. The summed E-state index contributed by atoms with van der Waals surface area (Å²) in [5.41, 5.74) is 0.989. The van der Waals surface area contributed by atoms with Gasteiger partial charge in [0.1, 0.15) is 19.2 Å². The first-order valence-electron chi connectivity index (χ1n) is 8.77. The summed E-state index contributed by atoms with van der Waals surface area (Å²) in [6, 6.07) is 14.3. The van der Waals surface area contributed by atoms with E-state index in [1.54, 1.807) is 11.2 Å². The van der Waals surface area contributed by atoms with Gasteiger partial charge in [0.05, 0.1) is 19.4 Å². The first-order valence-corrected chi connectivity index (χ1v) is 8.77. The second-order valence-corrected chi connectivity index (χ2v) is 6.47. The Morgan fingerprint density at radius 3 is 2.48 bits per heavy atom. The summed E-state index contributed by atoms with van der Waals surface area (Å²) in [5.74, 6) is 1.08. The lowest BCUT2D eigenvalue weighted by atomic mass is 10.1. The normalized spacial score (nSPS) is 18.7. The van der Waals surface area contributed by atoms with Crippen LogP contribution in [-0.2, 0) is 0 Å². The molecule has 4 nitrogen and oxygen atoms in total. The van der Waals surface area contributed by atoms with Crippen LogP contribution >= 0.6 is 0 Å². The van der Waals surface area contributed by atoms with Crippen molar-refractivity contribution < 1.29 is 19.7 Å². The quantitative estimate of drug-likeness (QED) is 0.704. The molecule has 2 heterocycles. The van der Waals surface area contributed by atoms with E-state index in [2.05, 4.69) is 11.4 Å². The van der Waals surface area contributed by atoms with Crippen LogP contribution in [0.1, 0.15) is 42.7 Å². The van der Waals surface area contributed by atoms with Crippen LogP contribution in [0.5, 0.6) is 0 Å². The highest BCUT2D eigenvalue weighted by atomic mass is 16.3. The molecule has 4 N–H and O–H groups in total. The van der Waals surface area contributed by atoms with Crippen LogP contribution in [0.15, 0.2) is 53.1 Å². The van der Waals surface area contributed by atoms with Gasteiger partial charge < -0.3 is 19.7 Å². The minimum atomic E-state index is -0.412. The molecular weight excluding hydrogens is 288 g/mol. The lowest BCUT2D eigenvalue weighted by Crippen LogP contribution is -3.15. The van der Waals surface area contributed by atoms with Crippen molar-refractivity contribution in [1.82, 2.24) is 0 Å². The summed E-state index contributed by atoms with van der Waals surface area (Å²) in [4.78, 5) is 1.62. The third-order valence-electron chi connectivity index (χ3n) is 4.85. The van der Waals surface area contributed by atoms with Gasteiger partial charge in [-0.1, -0.05) is 30.3 Å². The molecule has 1 saturated heterocycles. The highest BCUT2D eigenvalue weighted by Crippen LogP contribution is 2.11. The van der Waals surface area contributed by atoms with Crippen molar-refractivity contribution in [2.24, 2.45) is 0 Å². The summed E-state index contributed by atoms with van der Waals surface area (Å²) >= 11 is 0. The number of aliphatic hydroxyl groups excluding tert-OH is 1. The lowest BCUT2D eigenvalue weighted by Gasteiger charge is -2.29. The van der Waals surface area contributed by atoms with E-state index < -0.39 is 6.10 Å². The molecule has 1 aromatic carbocycles. The smallest absolute Gasteiger partial charge is 0.195 e. The van der Waals surface area contributed by atoms with Gasteiger partial charge in [-0.05, 0) is 37.0 Å². The van der Waals surface area contributed by atoms with Crippen molar-refractivity contribution in [3.8, 4) is 0 Å². The molecule has 0 aliphatic carbocycles. The van der Waals surface area contributed by atoms with Crippen LogP contribution in [0.4, 0.5) is 0 Å². The van der Waals surface area contributed by atoms with Gasteiger partial charge in [-0.25, -0.2) is 0 Å². The number of hydrogen-bond acceptors (Lipinski definition) is 2. The maximum atomic E-state index is 10.3. The molecule has 0 bridgehead atoms. The SMILES string of the molecule is O[C@H](C[NH2+]C[C@H](c1ccco1)[NH+]1CCCCC1)c1ccccc1. The van der Waals surface area contributed by atoms with Gasteiger partial charge in [0.2, 0.25) is 0 Å². The third kappa shape index (κ3) is 4.44. The minimum absolute atomic E-state index is 0.383. The Balaban J connectivity index is 1.56. The molecule has 0 unspecified atom stereocenters. The average Bonchev–Trinajstić information content (AvgIpc) is 3.14. The minimum Gasteiger partial charge on any atom is -0.463 e. The van der Waals surface area contributed by atoms with Crippen molar-refractivity contribution in [1.29, 1.82) is 0 Å². The van der Waals surface area contributed by atoms with Crippen molar-refractivity contribution in [2.45, 2.75) is 31.4 Å². The monoisotopic (exact) mass is 316 g/mol. The number of nitrogens with one attached hydrogen (secondary N) is 1. The van der Waals surface area contributed by atoms with Crippen molar-refractivity contribution in [3.63, 3.8) is 0 Å². The fourth-order valence-electron chi connectivity index (χ4n) is 3.56. The maximum Gasteiger partial charge on any atom is 0.195 e. The number of rotatable bonds is 7. The molecule has 1 aliphatic rings. The Kier molecular flexibility index (Phi) is 5.86. The van der Waals surface area contributed by atoms with Crippen molar-refractivity contribution in [2.75, 3.05) is 26.2 Å². The largest absolute Gasteiger partial charge is 0.463 e. The zero-order valence-electron chi connectivity index (χ0n) is 13.7. The number of piperidine rings is 1. The van der Waals surface area contributed by atoms with Crippen LogP contribution in [-0.4, -0.2) is 31.3 Å². The van der Waals surface area contributed by atoms with Gasteiger partial charge in [-0.15, -0.1) is 0 Å². The summed E-state index contributed by atoms with van der Waals surface area (Å²) in [6.07, 6.45) is 5.32. The molecule has 0 spiro atoms. The molecule has 0 saturated carbocycles. The van der Waals surface area contributed by atoms with Crippen molar-refractivity contribution in [3.05, 3.63) is 60.1 Å². The van der Waals surface area contributed by atoms with Gasteiger partial charge in [-0.3, -0.25) is 0 Å². The molecule has 1 aliphatic heterocycles. The standard InChI is InChI=1S/C19H26N2O2/c22-18(16-8-3-1-4-9-16)15-20-14-17(19-10-7-13-23-19)21-11-5-2-6-12-21/h1,3-4,7-10,13,17-18,20,22H,2,5-6,11-12,14-15H2/p+2/t17-,18-/m1/s1. The molecule has 1 fully saturated rings. The van der Waals surface area contributed by atoms with Gasteiger partial charge in [-0.2, -0.15) is 0 Å². The van der Waals surface area contributed by atoms with Crippen LogP contribution in [0, 0.1) is 0 Å². The molecule has 3 rings (SSSR count). The van der Waals surface area contributed by atoms with E-state index >= 15 is 0 Å². The first-order chi connectivity index (χ1) is 11.3. The fourth-order valence-corrected chi connectivity index (χ4v) is 3.56. The van der Waals surface area contributed by atoms with Crippen LogP contribution in [0.3, 0.4) is 0 Å². The van der Waals surface area contributed by atoms with Crippen LogP contribution < -0.4 is 10.2 Å². The second kappa shape index (κ2) is 8.29. The van der Waals surface area contributed by atoms with E-state index in [0.29, 0.717) is 12.6 Å². The zero-order chi connectivity index (χ0) is 15.9. The molecule has 2 atom stereocenters. The fraction of sp³-hybridized carbons (Fsp3) is 0.474. The zero-order valence-corrected chi connectivity index (χ0v) is 13.7. The number of nitrogens with two attached hydrogens (primary N) is 1. The summed E-state index contributed by atoms with van der Waals surface area (Å²) in [6.45, 7) is 4.09. The number of quaternary nitrogens is 2. The number of benzene rings is 1. The summed E-state index contributed by atoms with van der Waals surface area (Å²) in [5, 5.41) is 12.5. The molecule has 1 aromatic heterocycles. The third-order valence-corrected chi connectivity index (χ3v) is 4.85. The predicted molar refractivity (Wildman–Crippen MR) is 89.1 cm³/mol. The average molecular weight is 316 g/mol. The van der Waals surface area contributed by atoms with Gasteiger partial charge in [0.25, 0.3) is 0 Å². The highest BCUT2D eigenvalue weighted by Gasteiger charge is 2.29. The molecule has 23 heavy (non-hydrogen) atoms.